The Bertz CT molecular complexity index is 805. The number of carbonyl (C=O) groups is 3. The number of hydrogen-bond donors (Lipinski definition) is 5. The monoisotopic (exact) mass is 379 g/mol. The fourth-order valence-electron chi connectivity index (χ4n) is 2.55. The van der Waals surface area contributed by atoms with Gasteiger partial charge in [-0.15, -0.1) is 0 Å². The number of aryl methyl sites for hydroxylation is 1. The van der Waals surface area contributed by atoms with Crippen molar-refractivity contribution in [2.75, 3.05) is 5.73 Å². The molecule has 0 aromatic heterocycles. The van der Waals surface area contributed by atoms with Gasteiger partial charge < -0.3 is 30.9 Å². The molecular weight excluding hydrogens is 358 g/mol. The topological polar surface area (TPSA) is 181 Å². The maximum atomic E-state index is 11.8. The van der Waals surface area contributed by atoms with Gasteiger partial charge in [-0.2, -0.15) is 0 Å². The molecular formula is C16H21N5O6. The number of aromatic nitrogens is 3. The predicted molar refractivity (Wildman–Crippen MR) is 93.0 cm³/mol. The van der Waals surface area contributed by atoms with E-state index in [0.717, 1.165) is 0 Å². The van der Waals surface area contributed by atoms with Gasteiger partial charge in [0.2, 0.25) is 11.8 Å². The number of nitrogen functional groups attached to an aromatic ring is 1. The first-order valence-electron chi connectivity index (χ1n) is 8.32. The van der Waals surface area contributed by atoms with Crippen LogP contribution in [0, 0.1) is 0 Å². The van der Waals surface area contributed by atoms with Crippen LogP contribution in [0.4, 0.5) is 5.82 Å². The van der Waals surface area contributed by atoms with E-state index in [9.17, 15) is 19.5 Å². The Labute approximate surface area is 154 Å². The Morgan fingerprint density at radius 1 is 1.22 bits per heavy atom. The minimum Gasteiger partial charge on any atom is -0.494 e. The molecule has 11 nitrogen and oxygen atoms in total. The van der Waals surface area contributed by atoms with Gasteiger partial charge in [0.25, 0.3) is 0 Å². The van der Waals surface area contributed by atoms with Crippen molar-refractivity contribution in [1.82, 2.24) is 19.9 Å². The van der Waals surface area contributed by atoms with Gasteiger partial charge in [0, 0.05) is 19.4 Å². The van der Waals surface area contributed by atoms with Gasteiger partial charge in [-0.05, 0) is 25.3 Å². The number of anilines is 1. The lowest BCUT2D eigenvalue weighted by Crippen LogP contribution is -2.41. The van der Waals surface area contributed by atoms with Crippen molar-refractivity contribution in [1.29, 1.82) is 0 Å². The summed E-state index contributed by atoms with van der Waals surface area (Å²) in [7, 11) is 0. The summed E-state index contributed by atoms with van der Waals surface area (Å²) in [4.78, 5) is 41.5. The number of hydrogen-bond acceptors (Lipinski definition) is 7. The highest BCUT2D eigenvalue weighted by molar-refractivity contribution is 5.83. The number of unbranched alkanes of at least 4 members (excludes halogenated alkanes) is 1. The Morgan fingerprint density at radius 2 is 1.96 bits per heavy atom. The number of aliphatic carboxylic acids is 2. The van der Waals surface area contributed by atoms with Crippen LogP contribution in [0.15, 0.2) is 12.4 Å². The third kappa shape index (κ3) is 5.56. The molecule has 1 amide bonds. The first kappa shape index (κ1) is 19.9. The van der Waals surface area contributed by atoms with E-state index in [1.165, 1.54) is 17.0 Å². The third-order valence-corrected chi connectivity index (χ3v) is 3.93. The molecule has 0 spiro atoms. The Kier molecular flexibility index (Phi) is 6.52. The first-order valence-corrected chi connectivity index (χ1v) is 8.32. The van der Waals surface area contributed by atoms with Crippen molar-refractivity contribution in [3.05, 3.63) is 12.4 Å². The largest absolute Gasteiger partial charge is 0.494 e. The van der Waals surface area contributed by atoms with E-state index in [0.29, 0.717) is 30.8 Å². The molecule has 2 aliphatic rings. The Balaban J connectivity index is 1.80. The third-order valence-electron chi connectivity index (χ3n) is 3.93. The maximum Gasteiger partial charge on any atom is 0.326 e. The Hall–Kier alpha value is -3.37. The second kappa shape index (κ2) is 8.83. The average molecular weight is 379 g/mol. The molecule has 0 fully saturated rings. The molecule has 6 N–H and O–H groups in total. The van der Waals surface area contributed by atoms with Gasteiger partial charge in [-0.3, -0.25) is 9.59 Å². The van der Waals surface area contributed by atoms with Crippen LogP contribution in [0.5, 0.6) is 5.88 Å². The fourth-order valence-corrected chi connectivity index (χ4v) is 2.55. The molecule has 0 unspecified atom stereocenters. The standard InChI is InChI=1S/C16H21N5O6/c17-11-7-9-14(20-11)18-8-21(15(9)25)6-2-1-3-12(22)19-10(16(26)27)4-5-13(23)24/h7-8,10,25H,1-6,17H2,(H,19,22)(H,23,24)(H,26,27)/t10-/m0/s1. The lowest BCUT2D eigenvalue weighted by atomic mass is 10.1. The van der Waals surface area contributed by atoms with Gasteiger partial charge in [-0.25, -0.2) is 14.8 Å². The van der Waals surface area contributed by atoms with Crippen LogP contribution in [0.1, 0.15) is 32.1 Å². The molecule has 0 aromatic rings. The van der Waals surface area contributed by atoms with Crippen molar-refractivity contribution in [3.8, 4) is 17.3 Å². The molecule has 2 heterocycles. The number of carboxylic acids is 2. The van der Waals surface area contributed by atoms with Gasteiger partial charge in [0.15, 0.2) is 5.82 Å². The quantitative estimate of drug-likeness (QED) is 0.362. The van der Waals surface area contributed by atoms with Crippen molar-refractivity contribution in [2.45, 2.75) is 44.7 Å². The van der Waals surface area contributed by atoms with E-state index < -0.39 is 23.9 Å². The summed E-state index contributed by atoms with van der Waals surface area (Å²) in [5.74, 6) is -2.27. The van der Waals surface area contributed by atoms with E-state index in [1.807, 2.05) is 0 Å². The van der Waals surface area contributed by atoms with Crippen LogP contribution in [-0.2, 0) is 20.9 Å². The highest BCUT2D eigenvalue weighted by Gasteiger charge is 2.20. The molecule has 0 aromatic carbocycles. The van der Waals surface area contributed by atoms with E-state index in [4.69, 9.17) is 15.9 Å². The normalized spacial score (nSPS) is 12.0. The molecule has 0 radical (unpaired) electrons. The van der Waals surface area contributed by atoms with Crippen LogP contribution >= 0.6 is 0 Å². The lowest BCUT2D eigenvalue weighted by Gasteiger charge is -2.14. The number of carboxylic acid groups (broad SMARTS) is 2. The summed E-state index contributed by atoms with van der Waals surface area (Å²) in [5, 5.41) is 30.1. The minimum absolute atomic E-state index is 0.0201. The molecule has 27 heavy (non-hydrogen) atoms. The summed E-state index contributed by atoms with van der Waals surface area (Å²) in [6, 6.07) is 0.291. The minimum atomic E-state index is -1.27. The summed E-state index contributed by atoms with van der Waals surface area (Å²) in [6.45, 7) is 0.397. The molecule has 146 valence electrons. The zero-order chi connectivity index (χ0) is 20.0. The number of rotatable bonds is 10. The van der Waals surface area contributed by atoms with Crippen LogP contribution < -0.4 is 11.1 Å². The first-order chi connectivity index (χ1) is 12.8. The molecule has 2 rings (SSSR count). The Morgan fingerprint density at radius 3 is 2.63 bits per heavy atom. The lowest BCUT2D eigenvalue weighted by molar-refractivity contribution is -0.143. The number of amides is 1. The summed E-state index contributed by atoms with van der Waals surface area (Å²) in [5.41, 5.74) is 6.01. The van der Waals surface area contributed by atoms with Crippen molar-refractivity contribution < 1.29 is 29.7 Å². The van der Waals surface area contributed by atoms with Gasteiger partial charge in [0.05, 0.1) is 11.9 Å². The molecule has 0 saturated heterocycles. The number of nitrogens with zero attached hydrogens (tertiary/aromatic N) is 3. The second-order valence-corrected chi connectivity index (χ2v) is 6.03. The second-order valence-electron chi connectivity index (χ2n) is 6.03. The number of carbonyl (C=O) groups excluding carboxylic acids is 1. The number of nitrogens with two attached hydrogens (primary N) is 1. The van der Waals surface area contributed by atoms with Crippen LogP contribution in [-0.4, -0.2) is 53.7 Å². The zero-order valence-electron chi connectivity index (χ0n) is 14.5. The van der Waals surface area contributed by atoms with Gasteiger partial charge >= 0.3 is 11.9 Å². The molecule has 0 bridgehead atoms. The maximum absolute atomic E-state index is 11.8. The van der Waals surface area contributed by atoms with E-state index in [1.54, 1.807) is 0 Å². The van der Waals surface area contributed by atoms with Crippen molar-refractivity contribution >= 4 is 23.7 Å². The van der Waals surface area contributed by atoms with Crippen LogP contribution in [0.2, 0.25) is 0 Å². The van der Waals surface area contributed by atoms with Gasteiger partial charge in [0.1, 0.15) is 11.9 Å². The predicted octanol–water partition coefficient (Wildman–Crippen LogP) is 0.275. The molecule has 1 atom stereocenters. The summed E-state index contributed by atoms with van der Waals surface area (Å²) in [6.07, 6.45) is 1.97. The SMILES string of the molecule is Nc1cc2c(O)n(CCCCC(=O)N[C@@H](CCC(=O)O)C(=O)O)cnc-2n1. The van der Waals surface area contributed by atoms with Gasteiger partial charge in [-0.1, -0.05) is 0 Å². The number of nitrogens with one attached hydrogen (secondary N) is 1. The summed E-state index contributed by atoms with van der Waals surface area (Å²) < 4.78 is 1.51. The molecule has 0 saturated carbocycles. The van der Waals surface area contributed by atoms with Crippen LogP contribution in [0.3, 0.4) is 0 Å². The van der Waals surface area contributed by atoms with Crippen LogP contribution in [0.25, 0.3) is 11.4 Å². The average Bonchev–Trinajstić information content (AvgIpc) is 2.98. The highest BCUT2D eigenvalue weighted by Crippen LogP contribution is 2.30. The van der Waals surface area contributed by atoms with E-state index >= 15 is 0 Å². The molecule has 0 aliphatic carbocycles. The smallest absolute Gasteiger partial charge is 0.326 e. The molecule has 11 heteroatoms. The number of aromatic hydroxyl groups is 1. The van der Waals surface area contributed by atoms with E-state index in [2.05, 4.69) is 15.3 Å². The highest BCUT2D eigenvalue weighted by atomic mass is 16.4. The van der Waals surface area contributed by atoms with E-state index in [-0.39, 0.29) is 31.0 Å². The van der Waals surface area contributed by atoms with Crippen molar-refractivity contribution in [3.63, 3.8) is 0 Å². The zero-order valence-corrected chi connectivity index (χ0v) is 14.5. The molecule has 2 aliphatic heterocycles. The number of fused-ring (bicyclic) bond motifs is 1. The fraction of sp³-hybridized carbons (Fsp3) is 0.438. The summed E-state index contributed by atoms with van der Waals surface area (Å²) >= 11 is 0. The van der Waals surface area contributed by atoms with Crippen molar-refractivity contribution in [2.24, 2.45) is 0 Å².